The predicted octanol–water partition coefficient (Wildman–Crippen LogP) is 5.47. The van der Waals surface area contributed by atoms with Gasteiger partial charge in [-0.1, -0.05) is 18.9 Å². The van der Waals surface area contributed by atoms with Crippen LogP contribution in [0.3, 0.4) is 0 Å². The number of piperidine rings is 1. The minimum atomic E-state index is -0.0358. The Kier molecular flexibility index (Phi) is 8.35. The van der Waals surface area contributed by atoms with E-state index < -0.39 is 0 Å². The van der Waals surface area contributed by atoms with Crippen molar-refractivity contribution in [3.8, 4) is 5.75 Å². The van der Waals surface area contributed by atoms with Gasteiger partial charge >= 0.3 is 0 Å². The molecule has 184 valence electrons. The molecule has 1 aromatic heterocycles. The zero-order valence-electron chi connectivity index (χ0n) is 20.7. The summed E-state index contributed by atoms with van der Waals surface area (Å²) in [5, 5.41) is 5.09. The summed E-state index contributed by atoms with van der Waals surface area (Å²) >= 11 is 0. The Hall–Kier alpha value is -3.41. The molecule has 2 heterocycles. The fraction of sp³-hybridized carbons (Fsp3) is 0.414. The number of carbonyl (C=O) groups is 2. The van der Waals surface area contributed by atoms with Crippen LogP contribution in [0.25, 0.3) is 10.8 Å². The van der Waals surface area contributed by atoms with Gasteiger partial charge in [0.1, 0.15) is 5.75 Å². The van der Waals surface area contributed by atoms with E-state index in [4.69, 9.17) is 4.74 Å². The van der Waals surface area contributed by atoms with Crippen LogP contribution in [0.2, 0.25) is 0 Å². The Labute approximate surface area is 207 Å². The topological polar surface area (TPSA) is 71.5 Å². The number of unbranched alkanes of at least 4 members (excludes halogenated alkanes) is 1. The van der Waals surface area contributed by atoms with Crippen molar-refractivity contribution in [3.63, 3.8) is 0 Å². The first-order valence-electron chi connectivity index (χ1n) is 12.7. The number of rotatable bonds is 9. The number of ether oxygens (including phenoxy) is 1. The van der Waals surface area contributed by atoms with Gasteiger partial charge in [0.2, 0.25) is 0 Å². The van der Waals surface area contributed by atoms with Crippen molar-refractivity contribution >= 4 is 22.6 Å². The quantitative estimate of drug-likeness (QED) is 0.418. The summed E-state index contributed by atoms with van der Waals surface area (Å²) < 4.78 is 5.66. The van der Waals surface area contributed by atoms with Crippen molar-refractivity contribution in [3.05, 3.63) is 72.1 Å². The molecule has 1 saturated heterocycles. The van der Waals surface area contributed by atoms with E-state index in [9.17, 15) is 9.59 Å². The van der Waals surface area contributed by atoms with Gasteiger partial charge < -0.3 is 15.0 Å². The molecule has 0 spiro atoms. The molecule has 1 aliphatic heterocycles. The molecule has 0 radical (unpaired) electrons. The van der Waals surface area contributed by atoms with Crippen molar-refractivity contribution in [1.82, 2.24) is 15.2 Å². The van der Waals surface area contributed by atoms with Crippen LogP contribution < -0.4 is 10.1 Å². The molecule has 35 heavy (non-hydrogen) atoms. The fourth-order valence-corrected chi connectivity index (χ4v) is 4.64. The molecule has 0 bridgehead atoms. The Morgan fingerprint density at radius 3 is 2.49 bits per heavy atom. The van der Waals surface area contributed by atoms with Gasteiger partial charge in [0.15, 0.2) is 0 Å². The fourth-order valence-electron chi connectivity index (χ4n) is 4.64. The number of aromatic nitrogens is 1. The lowest BCUT2D eigenvalue weighted by molar-refractivity contribution is 0.0685. The molecule has 0 unspecified atom stereocenters. The summed E-state index contributed by atoms with van der Waals surface area (Å²) in [6.07, 6.45) is 8.92. The van der Waals surface area contributed by atoms with Gasteiger partial charge in [-0.2, -0.15) is 0 Å². The first kappa shape index (κ1) is 24.7. The first-order chi connectivity index (χ1) is 17.0. The largest absolute Gasteiger partial charge is 0.491 e. The van der Waals surface area contributed by atoms with Crippen LogP contribution in [0.4, 0.5) is 0 Å². The average molecular weight is 474 g/mol. The second-order valence-corrected chi connectivity index (χ2v) is 9.62. The second kappa shape index (κ2) is 11.8. The minimum Gasteiger partial charge on any atom is -0.491 e. The number of carbonyl (C=O) groups excluding carboxylic acids is 2. The van der Waals surface area contributed by atoms with Crippen LogP contribution in [0.1, 0.15) is 66.7 Å². The number of benzene rings is 2. The molecule has 0 saturated carbocycles. The highest BCUT2D eigenvalue weighted by Gasteiger charge is 2.23. The molecule has 4 rings (SSSR count). The van der Waals surface area contributed by atoms with E-state index in [2.05, 4.69) is 10.3 Å². The standard InChI is InChI=1S/C29H35N3O3/c1-21(2)35-27-10-8-24(9-11-27)29(34)32-17-13-22(14-18-32)5-3-4-15-31-28(33)25-7-6-23-12-16-30-20-26(23)19-25/h6-12,16,19-22H,3-5,13-15,17-18H2,1-2H3,(H,31,33). The van der Waals surface area contributed by atoms with Crippen molar-refractivity contribution in [1.29, 1.82) is 0 Å². The molecular formula is C29H35N3O3. The van der Waals surface area contributed by atoms with Gasteiger partial charge in [-0.25, -0.2) is 0 Å². The van der Waals surface area contributed by atoms with E-state index in [0.29, 0.717) is 18.0 Å². The predicted molar refractivity (Wildman–Crippen MR) is 139 cm³/mol. The summed E-state index contributed by atoms with van der Waals surface area (Å²) in [7, 11) is 0. The summed E-state index contributed by atoms with van der Waals surface area (Å²) in [4.78, 5) is 31.4. The van der Waals surface area contributed by atoms with Gasteiger partial charge in [0.05, 0.1) is 6.10 Å². The van der Waals surface area contributed by atoms with Gasteiger partial charge in [0.25, 0.3) is 11.8 Å². The lowest BCUT2D eigenvalue weighted by atomic mass is 9.91. The lowest BCUT2D eigenvalue weighted by Crippen LogP contribution is -2.38. The van der Waals surface area contributed by atoms with Crippen molar-refractivity contribution in [2.45, 2.75) is 52.1 Å². The molecule has 3 aromatic rings. The smallest absolute Gasteiger partial charge is 0.253 e. The number of hydrogen-bond acceptors (Lipinski definition) is 4. The van der Waals surface area contributed by atoms with Crippen LogP contribution in [-0.2, 0) is 0 Å². The SMILES string of the molecule is CC(C)Oc1ccc(C(=O)N2CCC(CCCCNC(=O)c3ccc4ccncc4c3)CC2)cc1. The van der Waals surface area contributed by atoms with Crippen LogP contribution in [0, 0.1) is 5.92 Å². The van der Waals surface area contributed by atoms with Gasteiger partial charge in [-0.05, 0) is 86.9 Å². The third kappa shape index (κ3) is 6.81. The number of amides is 2. The van der Waals surface area contributed by atoms with Crippen LogP contribution >= 0.6 is 0 Å². The molecule has 6 heteroatoms. The number of pyridine rings is 1. The minimum absolute atomic E-state index is 0.0358. The molecule has 2 amide bonds. The number of nitrogens with zero attached hydrogens (tertiary/aromatic N) is 2. The normalized spacial score (nSPS) is 14.3. The van der Waals surface area contributed by atoms with Gasteiger partial charge in [-0.3, -0.25) is 14.6 Å². The summed E-state index contributed by atoms with van der Waals surface area (Å²) in [6.45, 7) is 6.27. The van der Waals surface area contributed by atoms with E-state index >= 15 is 0 Å². The summed E-state index contributed by atoms with van der Waals surface area (Å²) in [6, 6.07) is 15.1. The first-order valence-corrected chi connectivity index (χ1v) is 12.7. The molecule has 1 fully saturated rings. The van der Waals surface area contributed by atoms with E-state index in [-0.39, 0.29) is 17.9 Å². The number of likely N-dealkylation sites (tertiary alicyclic amines) is 1. The molecular weight excluding hydrogens is 438 g/mol. The van der Waals surface area contributed by atoms with Gasteiger partial charge in [-0.15, -0.1) is 0 Å². The van der Waals surface area contributed by atoms with Crippen molar-refractivity contribution < 1.29 is 14.3 Å². The highest BCUT2D eigenvalue weighted by Crippen LogP contribution is 2.24. The zero-order chi connectivity index (χ0) is 24.6. The lowest BCUT2D eigenvalue weighted by Gasteiger charge is -2.32. The number of nitrogens with one attached hydrogen (secondary N) is 1. The second-order valence-electron chi connectivity index (χ2n) is 9.62. The van der Waals surface area contributed by atoms with Gasteiger partial charge in [0, 0.05) is 48.5 Å². The Morgan fingerprint density at radius 2 is 1.74 bits per heavy atom. The monoisotopic (exact) mass is 473 g/mol. The molecule has 2 aromatic carbocycles. The number of fused-ring (bicyclic) bond motifs is 1. The van der Waals surface area contributed by atoms with Crippen LogP contribution in [-0.4, -0.2) is 47.4 Å². The zero-order valence-corrected chi connectivity index (χ0v) is 20.7. The summed E-state index contributed by atoms with van der Waals surface area (Å²) in [5.41, 5.74) is 1.39. The average Bonchev–Trinajstić information content (AvgIpc) is 2.88. The maximum atomic E-state index is 12.8. The molecule has 0 aliphatic carbocycles. The van der Waals surface area contributed by atoms with E-state index in [0.717, 1.165) is 67.3 Å². The molecule has 6 nitrogen and oxygen atoms in total. The van der Waals surface area contributed by atoms with Crippen LogP contribution in [0.15, 0.2) is 60.9 Å². The Morgan fingerprint density at radius 1 is 1.00 bits per heavy atom. The maximum absolute atomic E-state index is 12.8. The highest BCUT2D eigenvalue weighted by molar-refractivity contribution is 5.98. The highest BCUT2D eigenvalue weighted by atomic mass is 16.5. The molecule has 1 aliphatic rings. The third-order valence-corrected chi connectivity index (χ3v) is 6.60. The van der Waals surface area contributed by atoms with E-state index in [1.807, 2.05) is 67.3 Å². The Balaban J connectivity index is 1.13. The Bertz CT molecular complexity index is 1140. The maximum Gasteiger partial charge on any atom is 0.253 e. The third-order valence-electron chi connectivity index (χ3n) is 6.60. The number of hydrogen-bond donors (Lipinski definition) is 1. The van der Waals surface area contributed by atoms with Crippen LogP contribution in [0.5, 0.6) is 5.75 Å². The van der Waals surface area contributed by atoms with E-state index in [1.54, 1.807) is 12.4 Å². The molecule has 0 atom stereocenters. The van der Waals surface area contributed by atoms with Crippen molar-refractivity contribution in [2.75, 3.05) is 19.6 Å². The van der Waals surface area contributed by atoms with Crippen molar-refractivity contribution in [2.24, 2.45) is 5.92 Å². The van der Waals surface area contributed by atoms with E-state index in [1.165, 1.54) is 0 Å². The summed E-state index contributed by atoms with van der Waals surface area (Å²) in [5.74, 6) is 1.50. The molecule has 1 N–H and O–H groups in total.